The highest BCUT2D eigenvalue weighted by atomic mass is 16.2. The minimum atomic E-state index is -0.219. The van der Waals surface area contributed by atoms with Crippen LogP contribution in [0.1, 0.15) is 30.1 Å². The monoisotopic (exact) mass is 328 g/mol. The van der Waals surface area contributed by atoms with Crippen LogP contribution in [0.5, 0.6) is 0 Å². The zero-order valence-electron chi connectivity index (χ0n) is 14.0. The highest BCUT2D eigenvalue weighted by Gasteiger charge is 2.24. The molecule has 2 amide bonds. The second-order valence-electron chi connectivity index (χ2n) is 5.97. The molecule has 2 N–H and O–H groups in total. The minimum absolute atomic E-state index is 0.00639. The van der Waals surface area contributed by atoms with Crippen LogP contribution in [0.25, 0.3) is 5.95 Å². The Kier molecular flexibility index (Phi) is 4.28. The first-order valence-corrected chi connectivity index (χ1v) is 7.88. The van der Waals surface area contributed by atoms with Gasteiger partial charge in [-0.05, 0) is 27.2 Å². The van der Waals surface area contributed by atoms with Gasteiger partial charge in [-0.2, -0.15) is 0 Å². The van der Waals surface area contributed by atoms with Crippen molar-refractivity contribution in [3.8, 4) is 5.95 Å². The van der Waals surface area contributed by atoms with Crippen LogP contribution in [0.4, 0.5) is 5.69 Å². The van der Waals surface area contributed by atoms with E-state index in [0.717, 1.165) is 17.2 Å². The Morgan fingerprint density at radius 2 is 2.00 bits per heavy atom. The van der Waals surface area contributed by atoms with Crippen LogP contribution in [0.3, 0.4) is 0 Å². The Bertz CT molecular complexity index is 771. The van der Waals surface area contributed by atoms with Gasteiger partial charge < -0.3 is 10.6 Å². The maximum atomic E-state index is 12.2. The summed E-state index contributed by atoms with van der Waals surface area (Å²) in [4.78, 5) is 36.4. The number of piperidine rings is 1. The summed E-state index contributed by atoms with van der Waals surface area (Å²) in [5.74, 6) is 0.988. The highest BCUT2D eigenvalue weighted by molar-refractivity contribution is 5.93. The number of carbonyl (C=O) groups is 2. The van der Waals surface area contributed by atoms with E-state index in [4.69, 9.17) is 0 Å². The molecule has 8 heteroatoms. The third kappa shape index (κ3) is 3.12. The molecule has 0 aromatic carbocycles. The molecule has 2 aromatic rings. The SMILES string of the molecule is Cc1nc(C)n(-c2ncc(NC(=O)C3CCC(=O)NC3)cn2)c1C. The van der Waals surface area contributed by atoms with E-state index in [1.54, 1.807) is 12.4 Å². The van der Waals surface area contributed by atoms with Crippen LogP contribution in [-0.2, 0) is 9.59 Å². The molecule has 1 fully saturated rings. The van der Waals surface area contributed by atoms with Gasteiger partial charge in [0.2, 0.25) is 17.8 Å². The van der Waals surface area contributed by atoms with E-state index in [2.05, 4.69) is 25.6 Å². The van der Waals surface area contributed by atoms with Gasteiger partial charge >= 0.3 is 0 Å². The number of anilines is 1. The van der Waals surface area contributed by atoms with Crippen molar-refractivity contribution in [3.05, 3.63) is 29.6 Å². The molecule has 0 aliphatic carbocycles. The van der Waals surface area contributed by atoms with Gasteiger partial charge in [-0.25, -0.2) is 15.0 Å². The minimum Gasteiger partial charge on any atom is -0.355 e. The lowest BCUT2D eigenvalue weighted by Crippen LogP contribution is -2.40. The number of rotatable bonds is 3. The van der Waals surface area contributed by atoms with Gasteiger partial charge in [-0.15, -0.1) is 0 Å². The van der Waals surface area contributed by atoms with Crippen LogP contribution in [-0.4, -0.2) is 37.9 Å². The predicted molar refractivity (Wildman–Crippen MR) is 87.7 cm³/mol. The van der Waals surface area contributed by atoms with Gasteiger partial charge in [0.05, 0.1) is 29.7 Å². The van der Waals surface area contributed by atoms with Gasteiger partial charge in [0.15, 0.2) is 0 Å². The standard InChI is InChI=1S/C16H20N6O2/c1-9-10(2)22(11(3)20-9)16-18-7-13(8-19-16)21-15(24)12-4-5-14(23)17-6-12/h7-8,12H,4-6H2,1-3H3,(H,17,23)(H,21,24). The lowest BCUT2D eigenvalue weighted by Gasteiger charge is -2.21. The third-order valence-corrected chi connectivity index (χ3v) is 4.25. The van der Waals surface area contributed by atoms with Gasteiger partial charge in [0, 0.05) is 18.7 Å². The average Bonchev–Trinajstić information content (AvgIpc) is 2.81. The molecule has 1 atom stereocenters. The number of hydrogen-bond donors (Lipinski definition) is 2. The molecule has 1 saturated heterocycles. The normalized spacial score (nSPS) is 17.5. The Labute approximate surface area is 139 Å². The summed E-state index contributed by atoms with van der Waals surface area (Å²) in [5, 5.41) is 5.50. The fraction of sp³-hybridized carbons (Fsp3) is 0.438. The van der Waals surface area contributed by atoms with Crippen LogP contribution in [0.15, 0.2) is 12.4 Å². The number of carbonyl (C=O) groups excluding carboxylic acids is 2. The Morgan fingerprint density at radius 1 is 1.29 bits per heavy atom. The average molecular weight is 328 g/mol. The summed E-state index contributed by atoms with van der Waals surface area (Å²) < 4.78 is 1.87. The number of hydrogen-bond acceptors (Lipinski definition) is 5. The summed E-state index contributed by atoms with van der Waals surface area (Å²) in [6, 6.07) is 0. The van der Waals surface area contributed by atoms with Gasteiger partial charge in [-0.1, -0.05) is 0 Å². The number of imidazole rings is 1. The van der Waals surface area contributed by atoms with E-state index in [-0.39, 0.29) is 17.7 Å². The molecule has 1 aliphatic heterocycles. The zero-order valence-corrected chi connectivity index (χ0v) is 14.0. The quantitative estimate of drug-likeness (QED) is 0.877. The summed E-state index contributed by atoms with van der Waals surface area (Å²) >= 11 is 0. The van der Waals surface area contributed by atoms with Crippen molar-refractivity contribution in [1.29, 1.82) is 0 Å². The van der Waals surface area contributed by atoms with Gasteiger partial charge in [-0.3, -0.25) is 14.2 Å². The summed E-state index contributed by atoms with van der Waals surface area (Å²) in [7, 11) is 0. The largest absolute Gasteiger partial charge is 0.355 e. The molecule has 1 unspecified atom stereocenters. The van der Waals surface area contributed by atoms with E-state index < -0.39 is 0 Å². The Hall–Kier alpha value is -2.77. The molecule has 2 aromatic heterocycles. The molecule has 0 bridgehead atoms. The number of amides is 2. The summed E-state index contributed by atoms with van der Waals surface area (Å²) in [5.41, 5.74) is 2.46. The van der Waals surface area contributed by atoms with Crippen LogP contribution in [0.2, 0.25) is 0 Å². The molecule has 24 heavy (non-hydrogen) atoms. The highest BCUT2D eigenvalue weighted by Crippen LogP contribution is 2.16. The first kappa shape index (κ1) is 16.1. The lowest BCUT2D eigenvalue weighted by atomic mass is 9.98. The predicted octanol–water partition coefficient (Wildman–Crippen LogP) is 1.05. The molecule has 3 heterocycles. The first-order chi connectivity index (χ1) is 11.5. The van der Waals surface area contributed by atoms with Crippen molar-refractivity contribution in [2.24, 2.45) is 5.92 Å². The molecule has 1 aliphatic rings. The molecule has 8 nitrogen and oxygen atoms in total. The molecule has 0 spiro atoms. The maximum Gasteiger partial charge on any atom is 0.235 e. The fourth-order valence-corrected chi connectivity index (χ4v) is 2.78. The zero-order chi connectivity index (χ0) is 17.3. The topological polar surface area (TPSA) is 102 Å². The maximum absolute atomic E-state index is 12.2. The smallest absolute Gasteiger partial charge is 0.235 e. The van der Waals surface area contributed by atoms with Gasteiger partial charge in [0.1, 0.15) is 5.82 Å². The van der Waals surface area contributed by atoms with E-state index in [9.17, 15) is 9.59 Å². The van der Waals surface area contributed by atoms with Crippen molar-refractivity contribution in [2.45, 2.75) is 33.6 Å². The number of nitrogens with zero attached hydrogens (tertiary/aromatic N) is 4. The second kappa shape index (κ2) is 6.38. The fourth-order valence-electron chi connectivity index (χ4n) is 2.78. The molecule has 3 rings (SSSR count). The van der Waals surface area contributed by atoms with E-state index in [1.165, 1.54) is 0 Å². The molecule has 126 valence electrons. The number of nitrogens with one attached hydrogen (secondary N) is 2. The van der Waals surface area contributed by atoms with Crippen LogP contribution < -0.4 is 10.6 Å². The lowest BCUT2D eigenvalue weighted by molar-refractivity contribution is -0.126. The van der Waals surface area contributed by atoms with Crippen LogP contribution >= 0.6 is 0 Å². The van der Waals surface area contributed by atoms with E-state index in [0.29, 0.717) is 31.0 Å². The summed E-state index contributed by atoms with van der Waals surface area (Å²) in [6.45, 7) is 6.18. The van der Waals surface area contributed by atoms with Crippen LogP contribution in [0, 0.1) is 26.7 Å². The third-order valence-electron chi connectivity index (χ3n) is 4.25. The number of aromatic nitrogens is 4. The van der Waals surface area contributed by atoms with Gasteiger partial charge in [0.25, 0.3) is 0 Å². The van der Waals surface area contributed by atoms with Crippen molar-refractivity contribution in [1.82, 2.24) is 24.8 Å². The molecular formula is C16H20N6O2. The van der Waals surface area contributed by atoms with E-state index >= 15 is 0 Å². The van der Waals surface area contributed by atoms with Crippen molar-refractivity contribution in [3.63, 3.8) is 0 Å². The molecule has 0 saturated carbocycles. The van der Waals surface area contributed by atoms with Crippen molar-refractivity contribution >= 4 is 17.5 Å². The Balaban J connectivity index is 1.71. The van der Waals surface area contributed by atoms with E-state index in [1.807, 2.05) is 25.3 Å². The second-order valence-corrected chi connectivity index (χ2v) is 5.97. The molecule has 0 radical (unpaired) electrons. The summed E-state index contributed by atoms with van der Waals surface area (Å²) in [6.07, 6.45) is 4.10. The number of aryl methyl sites for hydroxylation is 2. The van der Waals surface area contributed by atoms with Crippen molar-refractivity contribution in [2.75, 3.05) is 11.9 Å². The molecular weight excluding hydrogens is 308 g/mol. The Morgan fingerprint density at radius 3 is 2.54 bits per heavy atom. The van der Waals surface area contributed by atoms with Crippen molar-refractivity contribution < 1.29 is 9.59 Å². The first-order valence-electron chi connectivity index (χ1n) is 7.88.